The summed E-state index contributed by atoms with van der Waals surface area (Å²) in [5.41, 5.74) is -1.17. The maximum Gasteiger partial charge on any atom is 0.407 e. The molecule has 0 aliphatic heterocycles. The maximum absolute atomic E-state index is 13.0. The van der Waals surface area contributed by atoms with Crippen LogP contribution in [0.2, 0.25) is 0 Å². The first-order valence-electron chi connectivity index (χ1n) is 5.30. The zero-order valence-electron chi connectivity index (χ0n) is 10.2. The van der Waals surface area contributed by atoms with Crippen LogP contribution in [0.15, 0.2) is 18.2 Å². The van der Waals surface area contributed by atoms with E-state index in [9.17, 15) is 22.0 Å². The van der Waals surface area contributed by atoms with Crippen molar-refractivity contribution >= 4 is 0 Å². The lowest BCUT2D eigenvalue weighted by Gasteiger charge is -2.30. The second-order valence-electron chi connectivity index (χ2n) is 5.04. The first-order chi connectivity index (χ1) is 8.00. The summed E-state index contributed by atoms with van der Waals surface area (Å²) in [5, 5.41) is 2.35. The van der Waals surface area contributed by atoms with Crippen LogP contribution in [-0.4, -0.2) is 11.7 Å². The molecule has 0 aliphatic carbocycles. The van der Waals surface area contributed by atoms with Gasteiger partial charge >= 0.3 is 6.18 Å². The lowest BCUT2D eigenvalue weighted by atomic mass is 10.0. The molecular formula is C12H14F5N. The van der Waals surface area contributed by atoms with Crippen molar-refractivity contribution in [2.45, 2.75) is 38.5 Å². The minimum atomic E-state index is -4.59. The number of halogens is 5. The molecule has 1 aromatic carbocycles. The van der Waals surface area contributed by atoms with Crippen LogP contribution in [0.5, 0.6) is 0 Å². The van der Waals surface area contributed by atoms with Crippen molar-refractivity contribution in [3.8, 4) is 0 Å². The molecule has 102 valence electrons. The van der Waals surface area contributed by atoms with E-state index in [2.05, 4.69) is 5.32 Å². The lowest BCUT2D eigenvalue weighted by Crippen LogP contribution is -2.45. The molecule has 0 fully saturated rings. The Hall–Kier alpha value is -1.17. The molecule has 0 bridgehead atoms. The molecule has 0 amide bonds. The summed E-state index contributed by atoms with van der Waals surface area (Å²) in [4.78, 5) is 0. The van der Waals surface area contributed by atoms with Gasteiger partial charge in [0, 0.05) is 5.54 Å². The zero-order chi connectivity index (χ0) is 14.1. The van der Waals surface area contributed by atoms with E-state index >= 15 is 0 Å². The van der Waals surface area contributed by atoms with E-state index in [-0.39, 0.29) is 5.56 Å². The van der Waals surface area contributed by atoms with E-state index in [0.29, 0.717) is 12.1 Å². The Morgan fingerprint density at radius 2 is 1.56 bits per heavy atom. The third-order valence-electron chi connectivity index (χ3n) is 2.18. The first kappa shape index (κ1) is 14.9. The molecule has 0 saturated heterocycles. The highest BCUT2D eigenvalue weighted by molar-refractivity contribution is 5.23. The highest BCUT2D eigenvalue weighted by Gasteiger charge is 2.42. The van der Waals surface area contributed by atoms with Gasteiger partial charge in [-0.1, -0.05) is 6.07 Å². The summed E-state index contributed by atoms with van der Waals surface area (Å²) < 4.78 is 64.4. The van der Waals surface area contributed by atoms with Crippen LogP contribution in [0, 0.1) is 11.6 Å². The Balaban J connectivity index is 3.14. The summed E-state index contributed by atoms with van der Waals surface area (Å²) in [5.74, 6) is -2.46. The van der Waals surface area contributed by atoms with Gasteiger partial charge in [0.1, 0.15) is 6.04 Å². The first-order valence-corrected chi connectivity index (χ1v) is 5.30. The number of rotatable bonds is 2. The highest BCUT2D eigenvalue weighted by Crippen LogP contribution is 2.34. The average molecular weight is 267 g/mol. The minimum Gasteiger partial charge on any atom is -0.298 e. The largest absolute Gasteiger partial charge is 0.407 e. The van der Waals surface area contributed by atoms with Crippen LogP contribution in [-0.2, 0) is 0 Å². The number of nitrogens with one attached hydrogen (secondary N) is 1. The summed E-state index contributed by atoms with van der Waals surface area (Å²) in [7, 11) is 0. The van der Waals surface area contributed by atoms with E-state index in [4.69, 9.17) is 0 Å². The van der Waals surface area contributed by atoms with Gasteiger partial charge in [0.25, 0.3) is 0 Å². The second kappa shape index (κ2) is 4.84. The molecule has 0 heterocycles. The van der Waals surface area contributed by atoms with E-state index in [1.54, 1.807) is 20.8 Å². The molecule has 1 aromatic rings. The molecule has 1 nitrogen and oxygen atoms in total. The Morgan fingerprint density at radius 3 is 1.94 bits per heavy atom. The third kappa shape index (κ3) is 3.94. The van der Waals surface area contributed by atoms with Gasteiger partial charge < -0.3 is 0 Å². The molecule has 0 aliphatic rings. The molecule has 1 N–H and O–H groups in total. The van der Waals surface area contributed by atoms with Crippen LogP contribution in [0.1, 0.15) is 32.4 Å². The molecule has 18 heavy (non-hydrogen) atoms. The van der Waals surface area contributed by atoms with E-state index in [1.165, 1.54) is 0 Å². The van der Waals surface area contributed by atoms with Crippen molar-refractivity contribution < 1.29 is 22.0 Å². The highest BCUT2D eigenvalue weighted by atomic mass is 19.4. The quantitative estimate of drug-likeness (QED) is 0.800. The predicted molar refractivity (Wildman–Crippen MR) is 58.0 cm³/mol. The summed E-state index contributed by atoms with van der Waals surface area (Å²) in [6, 6.07) is 0.141. The molecule has 0 spiro atoms. The van der Waals surface area contributed by atoms with Gasteiger partial charge in [-0.3, -0.25) is 5.32 Å². The van der Waals surface area contributed by atoms with E-state index in [1.807, 2.05) is 0 Å². The monoisotopic (exact) mass is 267 g/mol. The van der Waals surface area contributed by atoms with Crippen LogP contribution in [0.25, 0.3) is 0 Å². The molecule has 0 radical (unpaired) electrons. The van der Waals surface area contributed by atoms with E-state index in [0.717, 1.165) is 6.07 Å². The molecule has 0 saturated carbocycles. The molecule has 0 aromatic heterocycles. The fraction of sp³-hybridized carbons (Fsp3) is 0.500. The average Bonchev–Trinajstić information content (AvgIpc) is 2.16. The minimum absolute atomic E-state index is 0.351. The number of alkyl halides is 3. The fourth-order valence-electron chi connectivity index (χ4n) is 1.48. The standard InChI is InChI=1S/C12H14F5N/c1-11(2,3)18-10(12(15,16)17)7-4-5-8(13)9(14)6-7/h4-6,10,18H,1-3H3. The Kier molecular flexibility index (Phi) is 4.00. The number of hydrogen-bond donors (Lipinski definition) is 1. The van der Waals surface area contributed by atoms with Crippen molar-refractivity contribution in [1.29, 1.82) is 0 Å². The maximum atomic E-state index is 13.0. The molecule has 1 atom stereocenters. The smallest absolute Gasteiger partial charge is 0.298 e. The van der Waals surface area contributed by atoms with Crippen LogP contribution in [0.4, 0.5) is 22.0 Å². The van der Waals surface area contributed by atoms with Crippen molar-refractivity contribution in [2.75, 3.05) is 0 Å². The normalized spacial score (nSPS) is 14.7. The Bertz CT molecular complexity index is 419. The summed E-state index contributed by atoms with van der Waals surface area (Å²) in [6.45, 7) is 4.68. The SMILES string of the molecule is CC(C)(C)NC(c1ccc(F)c(F)c1)C(F)(F)F. The number of benzene rings is 1. The van der Waals surface area contributed by atoms with Crippen LogP contribution in [0.3, 0.4) is 0 Å². The van der Waals surface area contributed by atoms with Crippen LogP contribution >= 0.6 is 0 Å². The fourth-order valence-corrected chi connectivity index (χ4v) is 1.48. The molecular weight excluding hydrogens is 253 g/mol. The predicted octanol–water partition coefficient (Wildman–Crippen LogP) is 3.96. The van der Waals surface area contributed by atoms with Gasteiger partial charge in [0.2, 0.25) is 0 Å². The molecule has 1 rings (SSSR count). The van der Waals surface area contributed by atoms with E-state index < -0.39 is 29.4 Å². The van der Waals surface area contributed by atoms with Crippen molar-refractivity contribution in [2.24, 2.45) is 0 Å². The van der Waals surface area contributed by atoms with Crippen molar-refractivity contribution in [1.82, 2.24) is 5.32 Å². The van der Waals surface area contributed by atoms with Gasteiger partial charge in [0.15, 0.2) is 11.6 Å². The lowest BCUT2D eigenvalue weighted by molar-refractivity contribution is -0.161. The molecule has 1 unspecified atom stereocenters. The van der Waals surface area contributed by atoms with Crippen molar-refractivity contribution in [3.63, 3.8) is 0 Å². The third-order valence-corrected chi connectivity index (χ3v) is 2.18. The van der Waals surface area contributed by atoms with Crippen LogP contribution < -0.4 is 5.32 Å². The molecule has 6 heteroatoms. The van der Waals surface area contributed by atoms with Gasteiger partial charge in [-0.05, 0) is 38.5 Å². The second-order valence-corrected chi connectivity index (χ2v) is 5.04. The van der Waals surface area contributed by atoms with Crippen molar-refractivity contribution in [3.05, 3.63) is 35.4 Å². The Labute approximate surface area is 102 Å². The summed E-state index contributed by atoms with van der Waals surface area (Å²) >= 11 is 0. The van der Waals surface area contributed by atoms with Gasteiger partial charge in [-0.25, -0.2) is 8.78 Å². The number of hydrogen-bond acceptors (Lipinski definition) is 1. The van der Waals surface area contributed by atoms with Gasteiger partial charge in [-0.15, -0.1) is 0 Å². The topological polar surface area (TPSA) is 12.0 Å². The van der Waals surface area contributed by atoms with Gasteiger partial charge in [-0.2, -0.15) is 13.2 Å². The summed E-state index contributed by atoms with van der Waals surface area (Å²) in [6.07, 6.45) is -4.59. The zero-order valence-corrected chi connectivity index (χ0v) is 10.2. The Morgan fingerprint density at radius 1 is 1.00 bits per heavy atom. The van der Waals surface area contributed by atoms with Gasteiger partial charge in [0.05, 0.1) is 0 Å².